The van der Waals surface area contributed by atoms with Gasteiger partial charge in [-0.1, -0.05) is 26.7 Å². The largest absolute Gasteiger partial charge is 0.313 e. The van der Waals surface area contributed by atoms with E-state index in [1.165, 1.54) is 0 Å². The highest BCUT2D eigenvalue weighted by Gasteiger charge is 2.27. The average molecular weight is 274 g/mol. The van der Waals surface area contributed by atoms with Crippen molar-refractivity contribution < 1.29 is 4.92 Å². The van der Waals surface area contributed by atoms with Crippen LogP contribution in [0.5, 0.6) is 0 Å². The van der Waals surface area contributed by atoms with E-state index in [-0.39, 0.29) is 16.0 Å². The van der Waals surface area contributed by atoms with Crippen molar-refractivity contribution >= 4 is 17.3 Å². The van der Waals surface area contributed by atoms with Gasteiger partial charge in [-0.25, -0.2) is 0 Å². The Morgan fingerprint density at radius 2 is 2.11 bits per heavy atom. The van der Waals surface area contributed by atoms with E-state index in [4.69, 9.17) is 11.6 Å². The van der Waals surface area contributed by atoms with Crippen LogP contribution in [0.1, 0.15) is 44.5 Å². The number of aryl methyl sites for hydroxylation is 2. The highest BCUT2D eigenvalue weighted by atomic mass is 35.5. The summed E-state index contributed by atoms with van der Waals surface area (Å²) < 4.78 is 1.61. The molecule has 0 aromatic carbocycles. The Kier molecular flexibility index (Phi) is 5.59. The van der Waals surface area contributed by atoms with Gasteiger partial charge in [-0.05, 0) is 12.8 Å². The minimum Gasteiger partial charge on any atom is -0.265 e. The normalized spacial score (nSPS) is 12.7. The fourth-order valence-corrected chi connectivity index (χ4v) is 2.44. The van der Waals surface area contributed by atoms with Crippen LogP contribution in [0.15, 0.2) is 0 Å². The van der Waals surface area contributed by atoms with Gasteiger partial charge in [0.15, 0.2) is 0 Å². The van der Waals surface area contributed by atoms with Crippen molar-refractivity contribution in [1.82, 2.24) is 9.78 Å². The number of hydrogen-bond acceptors (Lipinski definition) is 3. The quantitative estimate of drug-likeness (QED) is 0.435. The Bertz CT molecular complexity index is 418. The summed E-state index contributed by atoms with van der Waals surface area (Å²) in [6.07, 6.45) is 3.80. The predicted molar refractivity (Wildman–Crippen MR) is 72.1 cm³/mol. The molecule has 1 atom stereocenters. The average Bonchev–Trinajstić information content (AvgIpc) is 2.56. The van der Waals surface area contributed by atoms with Crippen LogP contribution in [-0.4, -0.2) is 20.1 Å². The molecular weight excluding hydrogens is 254 g/mol. The van der Waals surface area contributed by atoms with Gasteiger partial charge in [0.05, 0.1) is 4.92 Å². The maximum atomic E-state index is 11.2. The third kappa shape index (κ3) is 3.45. The molecule has 0 bridgehead atoms. The SMILES string of the molecule is CCCc1nn(C)c(CC(Cl)CCC)c1[N+](=O)[O-]. The highest BCUT2D eigenvalue weighted by molar-refractivity contribution is 6.20. The molecule has 0 spiro atoms. The number of nitro groups is 1. The van der Waals surface area contributed by atoms with Crippen molar-refractivity contribution in [2.75, 3.05) is 0 Å². The van der Waals surface area contributed by atoms with Gasteiger partial charge in [-0.15, -0.1) is 11.6 Å². The second-order valence-corrected chi connectivity index (χ2v) is 5.08. The zero-order valence-electron chi connectivity index (χ0n) is 11.1. The summed E-state index contributed by atoms with van der Waals surface area (Å²) in [4.78, 5) is 10.8. The zero-order valence-corrected chi connectivity index (χ0v) is 11.9. The minimum absolute atomic E-state index is 0.0708. The second kappa shape index (κ2) is 6.73. The van der Waals surface area contributed by atoms with Gasteiger partial charge in [0.1, 0.15) is 11.4 Å². The van der Waals surface area contributed by atoms with Crippen molar-refractivity contribution in [3.05, 3.63) is 21.5 Å². The van der Waals surface area contributed by atoms with Gasteiger partial charge < -0.3 is 0 Å². The van der Waals surface area contributed by atoms with E-state index >= 15 is 0 Å². The Morgan fingerprint density at radius 1 is 1.44 bits per heavy atom. The number of aromatic nitrogens is 2. The topological polar surface area (TPSA) is 61.0 Å². The Balaban J connectivity index is 3.05. The minimum atomic E-state index is -0.330. The zero-order chi connectivity index (χ0) is 13.7. The van der Waals surface area contributed by atoms with Gasteiger partial charge in [0.25, 0.3) is 0 Å². The molecule has 5 nitrogen and oxygen atoms in total. The van der Waals surface area contributed by atoms with Crippen LogP contribution in [0.25, 0.3) is 0 Å². The summed E-state index contributed by atoms with van der Waals surface area (Å²) >= 11 is 6.19. The lowest BCUT2D eigenvalue weighted by Gasteiger charge is -2.07. The monoisotopic (exact) mass is 273 g/mol. The van der Waals surface area contributed by atoms with Crippen LogP contribution in [0.4, 0.5) is 5.69 Å². The molecule has 1 unspecified atom stereocenters. The lowest BCUT2D eigenvalue weighted by molar-refractivity contribution is -0.386. The van der Waals surface area contributed by atoms with Crippen LogP contribution in [0.2, 0.25) is 0 Å². The molecule has 102 valence electrons. The molecule has 0 aliphatic rings. The predicted octanol–water partition coefficient (Wildman–Crippen LogP) is 3.23. The molecule has 0 amide bonds. The first-order valence-corrected chi connectivity index (χ1v) is 6.78. The van der Waals surface area contributed by atoms with Crippen molar-refractivity contribution in [3.8, 4) is 0 Å². The Hall–Kier alpha value is -1.10. The summed E-state index contributed by atoms with van der Waals surface area (Å²) in [5.74, 6) is 0. The number of halogens is 1. The molecule has 0 N–H and O–H groups in total. The summed E-state index contributed by atoms with van der Waals surface area (Å²) in [5, 5.41) is 15.4. The van der Waals surface area contributed by atoms with Crippen LogP contribution >= 0.6 is 11.6 Å². The fraction of sp³-hybridized carbons (Fsp3) is 0.750. The number of hydrogen-bond donors (Lipinski definition) is 0. The summed E-state index contributed by atoms with van der Waals surface area (Å²) in [5.41, 5.74) is 1.36. The molecule has 1 aromatic heterocycles. The third-order valence-electron chi connectivity index (χ3n) is 2.89. The van der Waals surface area contributed by atoms with Gasteiger partial charge >= 0.3 is 5.69 Å². The standard InChI is InChI=1S/C12H20ClN3O2/c1-4-6-9(13)8-11-12(16(17)18)10(7-5-2)14-15(11)3/h9H,4-8H2,1-3H3. The van der Waals surface area contributed by atoms with Gasteiger partial charge in [0.2, 0.25) is 0 Å². The van der Waals surface area contributed by atoms with E-state index in [2.05, 4.69) is 12.0 Å². The maximum Gasteiger partial charge on any atom is 0.313 e. The van der Waals surface area contributed by atoms with Crippen molar-refractivity contribution in [2.24, 2.45) is 7.05 Å². The Morgan fingerprint density at radius 3 is 2.61 bits per heavy atom. The number of nitrogens with zero attached hydrogens (tertiary/aromatic N) is 3. The third-order valence-corrected chi connectivity index (χ3v) is 3.27. The van der Waals surface area contributed by atoms with Crippen LogP contribution in [0.3, 0.4) is 0 Å². The van der Waals surface area contributed by atoms with Gasteiger partial charge in [-0.2, -0.15) is 5.10 Å². The van der Waals surface area contributed by atoms with Crippen molar-refractivity contribution in [1.29, 1.82) is 0 Å². The van der Waals surface area contributed by atoms with Crippen LogP contribution in [-0.2, 0) is 19.9 Å². The Labute approximate surface area is 112 Å². The summed E-state index contributed by atoms with van der Waals surface area (Å²) in [6, 6.07) is 0. The lowest BCUT2D eigenvalue weighted by Crippen LogP contribution is -2.09. The van der Waals surface area contributed by atoms with E-state index in [0.717, 1.165) is 19.3 Å². The first-order chi connectivity index (χ1) is 8.51. The van der Waals surface area contributed by atoms with Crippen molar-refractivity contribution in [3.63, 3.8) is 0 Å². The van der Waals surface area contributed by atoms with E-state index < -0.39 is 0 Å². The molecule has 18 heavy (non-hydrogen) atoms. The van der Waals surface area contributed by atoms with Crippen LogP contribution in [0, 0.1) is 10.1 Å². The maximum absolute atomic E-state index is 11.2. The highest BCUT2D eigenvalue weighted by Crippen LogP contribution is 2.27. The molecule has 1 aromatic rings. The van der Waals surface area contributed by atoms with E-state index in [9.17, 15) is 10.1 Å². The molecule has 6 heteroatoms. The smallest absolute Gasteiger partial charge is 0.265 e. The first kappa shape index (κ1) is 15.0. The molecule has 0 saturated carbocycles. The molecule has 0 saturated heterocycles. The van der Waals surface area contributed by atoms with Gasteiger partial charge in [-0.3, -0.25) is 14.8 Å². The molecule has 1 heterocycles. The molecule has 0 aliphatic heterocycles. The van der Waals surface area contributed by atoms with Crippen LogP contribution < -0.4 is 0 Å². The van der Waals surface area contributed by atoms with Gasteiger partial charge in [0, 0.05) is 18.8 Å². The first-order valence-electron chi connectivity index (χ1n) is 6.34. The molecule has 0 radical (unpaired) electrons. The lowest BCUT2D eigenvalue weighted by atomic mass is 10.1. The van der Waals surface area contributed by atoms with E-state index in [1.807, 2.05) is 6.92 Å². The number of rotatable bonds is 7. The van der Waals surface area contributed by atoms with E-state index in [0.29, 0.717) is 24.2 Å². The molecular formula is C12H20ClN3O2. The molecule has 1 rings (SSSR count). The summed E-state index contributed by atoms with van der Waals surface area (Å²) in [7, 11) is 1.75. The fourth-order valence-electron chi connectivity index (χ4n) is 2.08. The van der Waals surface area contributed by atoms with Crippen molar-refractivity contribution in [2.45, 2.75) is 51.3 Å². The number of alkyl halides is 1. The molecule has 0 fully saturated rings. The second-order valence-electron chi connectivity index (χ2n) is 4.46. The summed E-state index contributed by atoms with van der Waals surface area (Å²) in [6.45, 7) is 4.04. The van der Waals surface area contributed by atoms with E-state index in [1.54, 1.807) is 11.7 Å². The molecule has 0 aliphatic carbocycles.